The topological polar surface area (TPSA) is 113 Å². The van der Waals surface area contributed by atoms with E-state index >= 15 is 0 Å². The van der Waals surface area contributed by atoms with Crippen LogP contribution >= 0.6 is 0 Å². The van der Waals surface area contributed by atoms with Crippen molar-refractivity contribution in [1.29, 1.82) is 5.41 Å². The van der Waals surface area contributed by atoms with E-state index in [-0.39, 0.29) is 11.2 Å². The van der Waals surface area contributed by atoms with Crippen LogP contribution in [0.5, 0.6) is 0 Å². The van der Waals surface area contributed by atoms with Gasteiger partial charge in [-0.05, 0) is 6.07 Å². The number of nitrogens with one attached hydrogen (secondary N) is 2. The van der Waals surface area contributed by atoms with Gasteiger partial charge >= 0.3 is 0 Å². The molecule has 8 nitrogen and oxygen atoms in total. The van der Waals surface area contributed by atoms with E-state index in [1.54, 1.807) is 18.2 Å². The number of H-pyrrole nitrogens is 1. The molecule has 8 heteroatoms. The number of hydrogen-bond acceptors (Lipinski definition) is 5. The molecule has 0 unspecified atom stereocenters. The van der Waals surface area contributed by atoms with Crippen LogP contribution in [-0.4, -0.2) is 24.4 Å². The van der Waals surface area contributed by atoms with Crippen LogP contribution < -0.4 is 5.49 Å². The zero-order chi connectivity index (χ0) is 13.4. The highest BCUT2D eigenvalue weighted by Crippen LogP contribution is 2.23. The van der Waals surface area contributed by atoms with E-state index in [0.717, 1.165) is 0 Å². The van der Waals surface area contributed by atoms with Gasteiger partial charge in [0.15, 0.2) is 11.1 Å². The average Bonchev–Trinajstić information content (AvgIpc) is 2.89. The molecule has 0 amide bonds. The Labute approximate surface area is 106 Å². The number of rotatable bonds is 2. The molecule has 0 aliphatic heterocycles. The van der Waals surface area contributed by atoms with Gasteiger partial charge in [-0.2, -0.15) is 0 Å². The third-order valence-corrected chi connectivity index (χ3v) is 2.72. The Hall–Kier alpha value is -3.03. The average molecular weight is 256 g/mol. The van der Waals surface area contributed by atoms with Gasteiger partial charge in [0.1, 0.15) is 17.5 Å². The van der Waals surface area contributed by atoms with Gasteiger partial charge < -0.3 is 4.98 Å². The molecule has 0 atom stereocenters. The Morgan fingerprint density at radius 2 is 2.11 bits per heavy atom. The zero-order valence-corrected chi connectivity index (χ0v) is 9.57. The monoisotopic (exact) mass is 256 g/mol. The Balaban J connectivity index is 2.37. The van der Waals surface area contributed by atoms with Crippen LogP contribution in [0.15, 0.2) is 36.9 Å². The number of nitrogens with zero attached hydrogens (tertiary/aromatic N) is 4. The van der Waals surface area contributed by atoms with Crippen LogP contribution in [0.2, 0.25) is 0 Å². The van der Waals surface area contributed by atoms with Crippen molar-refractivity contribution in [3.05, 3.63) is 52.5 Å². The first-order valence-electron chi connectivity index (χ1n) is 5.37. The minimum atomic E-state index is -0.463. The predicted octanol–water partition coefficient (Wildman–Crippen LogP) is 1.14. The molecule has 0 aliphatic rings. The van der Waals surface area contributed by atoms with E-state index in [2.05, 4.69) is 15.0 Å². The van der Waals surface area contributed by atoms with Crippen LogP contribution in [0.25, 0.3) is 16.9 Å². The summed E-state index contributed by atoms with van der Waals surface area (Å²) in [5.74, 6) is 0. The summed E-state index contributed by atoms with van der Waals surface area (Å²) in [5.41, 5.74) is 1.21. The summed E-state index contributed by atoms with van der Waals surface area (Å²) < 4.78 is 1.49. The molecular formula is C11H8N6O2. The lowest BCUT2D eigenvalue weighted by Gasteiger charge is -2.07. The van der Waals surface area contributed by atoms with Crippen LogP contribution in [0.1, 0.15) is 0 Å². The van der Waals surface area contributed by atoms with Crippen molar-refractivity contribution in [2.24, 2.45) is 0 Å². The fraction of sp³-hybridized carbons (Fsp3) is 0. The number of aromatic amines is 1. The smallest absolute Gasteiger partial charge is 0.293 e. The van der Waals surface area contributed by atoms with E-state index in [0.29, 0.717) is 16.9 Å². The highest BCUT2D eigenvalue weighted by atomic mass is 16.6. The molecule has 2 N–H and O–H groups in total. The van der Waals surface area contributed by atoms with Crippen LogP contribution in [0.4, 0.5) is 5.69 Å². The van der Waals surface area contributed by atoms with E-state index < -0.39 is 4.92 Å². The molecule has 0 bridgehead atoms. The maximum Gasteiger partial charge on any atom is 0.293 e. The van der Waals surface area contributed by atoms with Gasteiger partial charge in [-0.3, -0.25) is 20.1 Å². The van der Waals surface area contributed by atoms with Gasteiger partial charge in [-0.15, -0.1) is 0 Å². The number of benzene rings is 1. The van der Waals surface area contributed by atoms with Crippen LogP contribution in [-0.2, 0) is 0 Å². The van der Waals surface area contributed by atoms with Crippen LogP contribution in [0.3, 0.4) is 0 Å². The fourth-order valence-electron chi connectivity index (χ4n) is 1.88. The second-order valence-corrected chi connectivity index (χ2v) is 3.81. The first kappa shape index (κ1) is 11.1. The second-order valence-electron chi connectivity index (χ2n) is 3.81. The molecular weight excluding hydrogens is 248 g/mol. The van der Waals surface area contributed by atoms with Crippen molar-refractivity contribution >= 4 is 16.9 Å². The minimum Gasteiger partial charge on any atom is -0.340 e. The van der Waals surface area contributed by atoms with Crippen LogP contribution in [0, 0.1) is 15.5 Å². The van der Waals surface area contributed by atoms with Gasteiger partial charge in [0, 0.05) is 6.07 Å². The zero-order valence-electron chi connectivity index (χ0n) is 9.57. The summed E-state index contributed by atoms with van der Waals surface area (Å²) in [6, 6.07) is 6.31. The third-order valence-electron chi connectivity index (χ3n) is 2.72. The van der Waals surface area contributed by atoms with Gasteiger partial charge in [-0.25, -0.2) is 9.97 Å². The minimum absolute atomic E-state index is 0.0438. The molecule has 1 aromatic carbocycles. The van der Waals surface area contributed by atoms with Crippen molar-refractivity contribution in [2.45, 2.75) is 0 Å². The molecule has 0 saturated carbocycles. The van der Waals surface area contributed by atoms with E-state index in [1.807, 2.05) is 0 Å². The lowest BCUT2D eigenvalue weighted by Crippen LogP contribution is -2.12. The molecule has 0 aliphatic carbocycles. The second kappa shape index (κ2) is 4.02. The number of hydrogen-bond donors (Lipinski definition) is 2. The van der Waals surface area contributed by atoms with Gasteiger partial charge in [0.25, 0.3) is 5.69 Å². The molecule has 2 aromatic heterocycles. The summed E-state index contributed by atoms with van der Waals surface area (Å²) in [6.45, 7) is 0. The Morgan fingerprint density at radius 3 is 2.89 bits per heavy atom. The molecule has 0 fully saturated rings. The van der Waals surface area contributed by atoms with Gasteiger partial charge in [0.2, 0.25) is 0 Å². The highest BCUT2D eigenvalue weighted by molar-refractivity contribution is 5.72. The van der Waals surface area contributed by atoms with Crippen molar-refractivity contribution in [3.8, 4) is 5.69 Å². The first-order chi connectivity index (χ1) is 9.18. The summed E-state index contributed by atoms with van der Waals surface area (Å²) in [4.78, 5) is 21.3. The van der Waals surface area contributed by atoms with Gasteiger partial charge in [-0.1, -0.05) is 12.1 Å². The van der Waals surface area contributed by atoms with E-state index in [9.17, 15) is 10.1 Å². The summed E-state index contributed by atoms with van der Waals surface area (Å²) >= 11 is 0. The Bertz CT molecular complexity index is 834. The van der Waals surface area contributed by atoms with Crippen molar-refractivity contribution in [3.63, 3.8) is 0 Å². The molecule has 3 rings (SSSR count). The number of aromatic nitrogens is 4. The lowest BCUT2D eigenvalue weighted by atomic mass is 10.2. The van der Waals surface area contributed by atoms with E-state index in [1.165, 1.54) is 23.3 Å². The SMILES string of the molecule is N=c1ncn(-c2ccccc2[N+](=O)[O-])c2nc[nH]c12. The number of para-hydroxylation sites is 2. The summed E-state index contributed by atoms with van der Waals surface area (Å²) in [7, 11) is 0. The molecule has 3 aromatic rings. The normalized spacial score (nSPS) is 10.7. The predicted molar refractivity (Wildman–Crippen MR) is 65.7 cm³/mol. The Kier molecular flexibility index (Phi) is 2.34. The third kappa shape index (κ3) is 1.66. The van der Waals surface area contributed by atoms with Gasteiger partial charge in [0.05, 0.1) is 11.3 Å². The lowest BCUT2D eigenvalue weighted by molar-refractivity contribution is -0.384. The molecule has 0 spiro atoms. The highest BCUT2D eigenvalue weighted by Gasteiger charge is 2.16. The summed E-state index contributed by atoms with van der Waals surface area (Å²) in [5, 5.41) is 18.7. The van der Waals surface area contributed by atoms with E-state index in [4.69, 9.17) is 5.41 Å². The quantitative estimate of drug-likeness (QED) is 0.528. The van der Waals surface area contributed by atoms with Crippen molar-refractivity contribution in [2.75, 3.05) is 0 Å². The summed E-state index contributed by atoms with van der Waals surface area (Å²) in [6.07, 6.45) is 2.78. The number of imidazole rings is 1. The number of nitro groups is 1. The maximum atomic E-state index is 11.0. The standard InChI is InChI=1S/C11H8N6O2/c12-10-9-11(14-5-13-9)16(6-15-10)7-3-1-2-4-8(7)17(18)19/h1-6,12H,(H,13,14). The molecule has 94 valence electrons. The molecule has 2 heterocycles. The maximum absolute atomic E-state index is 11.0. The van der Waals surface area contributed by atoms with Crippen molar-refractivity contribution in [1.82, 2.24) is 19.5 Å². The number of nitro benzene ring substituents is 1. The first-order valence-corrected chi connectivity index (χ1v) is 5.37. The Morgan fingerprint density at radius 1 is 1.32 bits per heavy atom. The largest absolute Gasteiger partial charge is 0.340 e. The molecule has 19 heavy (non-hydrogen) atoms. The fourth-order valence-corrected chi connectivity index (χ4v) is 1.88. The van der Waals surface area contributed by atoms with Crippen molar-refractivity contribution < 1.29 is 4.92 Å². The molecule has 0 radical (unpaired) electrons. The molecule has 0 saturated heterocycles. The number of fused-ring (bicyclic) bond motifs is 1.